The molecule has 2 spiro atoms. The van der Waals surface area contributed by atoms with Gasteiger partial charge in [-0.25, -0.2) is 9.97 Å². The van der Waals surface area contributed by atoms with E-state index in [4.69, 9.17) is 4.74 Å². The first-order chi connectivity index (χ1) is 17.5. The highest BCUT2D eigenvalue weighted by Crippen LogP contribution is 2.71. The summed E-state index contributed by atoms with van der Waals surface area (Å²) < 4.78 is 7.60. The Morgan fingerprint density at radius 1 is 1.14 bits per heavy atom. The number of phenolic OH excluding ortho intramolecular Hbond substituents is 1. The number of nitrogens with zero attached hydrogens (tertiary/aromatic N) is 4. The number of likely N-dealkylation sites (tertiary alicyclic amines) is 1. The molecule has 8 heteroatoms. The molecular formula is C28H31BrN4O3. The minimum atomic E-state index is -0.120. The minimum absolute atomic E-state index is 0.0111. The number of carbonyl (C=O) groups excluding carboxylic acids is 1. The number of halogens is 1. The predicted molar refractivity (Wildman–Crippen MR) is 136 cm³/mol. The van der Waals surface area contributed by atoms with Crippen LogP contribution in [-0.2, 0) is 23.1 Å². The van der Waals surface area contributed by atoms with E-state index in [-0.39, 0.29) is 41.1 Å². The molecule has 1 aromatic heterocycles. The summed E-state index contributed by atoms with van der Waals surface area (Å²) in [6.45, 7) is 3.06. The second-order valence-electron chi connectivity index (χ2n) is 12.0. The lowest BCUT2D eigenvalue weighted by Gasteiger charge is -2.66. The lowest BCUT2D eigenvalue weighted by molar-refractivity contribution is -0.143. The van der Waals surface area contributed by atoms with E-state index in [0.717, 1.165) is 55.6 Å². The summed E-state index contributed by atoms with van der Waals surface area (Å²) in [4.78, 5) is 27.4. The molecule has 188 valence electrons. The summed E-state index contributed by atoms with van der Waals surface area (Å²) in [6.07, 6.45) is 11.4. The highest BCUT2D eigenvalue weighted by atomic mass is 79.9. The molecule has 4 bridgehead atoms. The first-order valence-corrected chi connectivity index (χ1v) is 14.3. The van der Waals surface area contributed by atoms with Crippen LogP contribution < -0.4 is 4.74 Å². The standard InChI is InChI=1S/C28H31BrN4O3/c29-18-13-30-22(31-14-18)12-23(35)33-10-7-27-6-5-19(33)26-28(27)8-9-32(15-16-1-2-16)21(27)11-17-3-4-20(34)25(36-26)24(17)28/h3-4,13-14,16,19,21,26,34H,1-2,5-12,15H2/t19-,21+,26+,27-,28+/m1/s1. The molecule has 4 aliphatic heterocycles. The zero-order chi connectivity index (χ0) is 24.2. The molecule has 0 radical (unpaired) electrons. The number of piperidine rings is 1. The van der Waals surface area contributed by atoms with Crippen LogP contribution in [0.1, 0.15) is 55.5 Å². The van der Waals surface area contributed by atoms with Gasteiger partial charge in [0, 0.05) is 47.9 Å². The van der Waals surface area contributed by atoms with Gasteiger partial charge in [-0.1, -0.05) is 6.07 Å². The van der Waals surface area contributed by atoms with Crippen molar-refractivity contribution in [1.29, 1.82) is 0 Å². The largest absolute Gasteiger partial charge is 0.504 e. The summed E-state index contributed by atoms with van der Waals surface area (Å²) in [5, 5.41) is 10.9. The number of amides is 1. The molecule has 3 saturated heterocycles. The Bertz CT molecular complexity index is 1270. The van der Waals surface area contributed by atoms with Gasteiger partial charge in [0.2, 0.25) is 5.91 Å². The first-order valence-electron chi connectivity index (χ1n) is 13.5. The van der Waals surface area contributed by atoms with Crippen LogP contribution in [0.25, 0.3) is 0 Å². The Balaban J connectivity index is 1.23. The van der Waals surface area contributed by atoms with Gasteiger partial charge >= 0.3 is 0 Å². The number of hydrogen-bond donors (Lipinski definition) is 1. The summed E-state index contributed by atoms with van der Waals surface area (Å²) in [5.74, 6) is 2.46. The zero-order valence-electron chi connectivity index (χ0n) is 20.3. The predicted octanol–water partition coefficient (Wildman–Crippen LogP) is 3.61. The van der Waals surface area contributed by atoms with Crippen LogP contribution in [0.2, 0.25) is 0 Å². The third kappa shape index (κ3) is 2.75. The van der Waals surface area contributed by atoms with Gasteiger partial charge in [-0.3, -0.25) is 9.69 Å². The molecule has 2 aromatic rings. The van der Waals surface area contributed by atoms with E-state index in [1.54, 1.807) is 12.4 Å². The van der Waals surface area contributed by atoms with Crippen molar-refractivity contribution >= 4 is 21.8 Å². The smallest absolute Gasteiger partial charge is 0.230 e. The van der Waals surface area contributed by atoms with Crippen molar-refractivity contribution in [3.63, 3.8) is 0 Å². The maximum atomic E-state index is 13.8. The quantitative estimate of drug-likeness (QED) is 0.626. The van der Waals surface area contributed by atoms with Crippen LogP contribution in [0.5, 0.6) is 11.5 Å². The molecule has 36 heavy (non-hydrogen) atoms. The minimum Gasteiger partial charge on any atom is -0.504 e. The monoisotopic (exact) mass is 550 g/mol. The van der Waals surface area contributed by atoms with Crippen molar-refractivity contribution in [2.24, 2.45) is 11.3 Å². The molecule has 7 aliphatic rings. The molecule has 5 atom stereocenters. The second-order valence-corrected chi connectivity index (χ2v) is 12.9. The van der Waals surface area contributed by atoms with Crippen LogP contribution >= 0.6 is 15.9 Å². The van der Waals surface area contributed by atoms with Crippen molar-refractivity contribution in [2.45, 2.75) is 75.0 Å². The van der Waals surface area contributed by atoms with Gasteiger partial charge in [0.05, 0.1) is 16.9 Å². The average Bonchev–Trinajstić information content (AvgIpc) is 3.66. The third-order valence-corrected chi connectivity index (χ3v) is 10.9. The van der Waals surface area contributed by atoms with Crippen LogP contribution in [0, 0.1) is 11.3 Å². The van der Waals surface area contributed by atoms with Crippen LogP contribution in [0.4, 0.5) is 0 Å². The summed E-state index contributed by atoms with van der Waals surface area (Å²) in [6, 6.07) is 4.46. The van der Waals surface area contributed by atoms with E-state index >= 15 is 0 Å². The molecule has 3 aliphatic carbocycles. The van der Waals surface area contributed by atoms with Crippen LogP contribution in [0.3, 0.4) is 0 Å². The number of carbonyl (C=O) groups is 1. The number of hydrogen-bond acceptors (Lipinski definition) is 6. The zero-order valence-corrected chi connectivity index (χ0v) is 21.9. The van der Waals surface area contributed by atoms with E-state index in [1.165, 1.54) is 30.5 Å². The van der Waals surface area contributed by atoms with Gasteiger partial charge in [0.25, 0.3) is 0 Å². The van der Waals surface area contributed by atoms with Crippen molar-refractivity contribution in [1.82, 2.24) is 19.8 Å². The van der Waals surface area contributed by atoms with Gasteiger partial charge in [0.15, 0.2) is 11.5 Å². The van der Waals surface area contributed by atoms with Gasteiger partial charge < -0.3 is 14.7 Å². The van der Waals surface area contributed by atoms with Gasteiger partial charge in [-0.2, -0.15) is 0 Å². The van der Waals surface area contributed by atoms with E-state index in [0.29, 0.717) is 17.6 Å². The Kier molecular flexibility index (Phi) is 4.52. The number of aromatic nitrogens is 2. The molecule has 5 fully saturated rings. The van der Waals surface area contributed by atoms with E-state index < -0.39 is 0 Å². The highest BCUT2D eigenvalue weighted by molar-refractivity contribution is 9.10. The SMILES string of the molecule is O=C(Cc1ncc(Br)cn1)N1CC[C@@]23CC[C@@H]1[C@@H]1Oc4c(O)ccc5c4[C@@]12CCN(CC1CC1)[C@H]3C5. The Morgan fingerprint density at radius 3 is 2.78 bits per heavy atom. The van der Waals surface area contributed by atoms with Crippen molar-refractivity contribution in [3.05, 3.63) is 46.0 Å². The van der Waals surface area contributed by atoms with Crippen LogP contribution in [-0.4, -0.2) is 68.6 Å². The maximum Gasteiger partial charge on any atom is 0.230 e. The third-order valence-electron chi connectivity index (χ3n) is 10.5. The molecular weight excluding hydrogens is 520 g/mol. The number of aromatic hydroxyl groups is 1. The number of fused-ring (bicyclic) bond motifs is 3. The first kappa shape index (κ1) is 21.9. The molecule has 1 amide bonds. The number of phenols is 1. The normalized spacial score (nSPS) is 35.8. The van der Waals surface area contributed by atoms with Gasteiger partial charge in [-0.05, 0) is 85.0 Å². The molecule has 9 rings (SSSR count). The summed E-state index contributed by atoms with van der Waals surface area (Å²) in [7, 11) is 0. The van der Waals surface area contributed by atoms with Crippen LogP contribution in [0.15, 0.2) is 29.0 Å². The second kappa shape index (κ2) is 7.44. The molecule has 1 N–H and O–H groups in total. The molecule has 7 nitrogen and oxygen atoms in total. The van der Waals surface area contributed by atoms with Gasteiger partial charge in [-0.15, -0.1) is 0 Å². The Hall–Kier alpha value is -2.19. The number of rotatable bonds is 4. The Morgan fingerprint density at radius 2 is 1.97 bits per heavy atom. The average molecular weight is 551 g/mol. The van der Waals surface area contributed by atoms with Crippen molar-refractivity contribution < 1.29 is 14.6 Å². The van der Waals surface area contributed by atoms with Crippen molar-refractivity contribution in [3.8, 4) is 11.5 Å². The Labute approximate surface area is 219 Å². The lowest BCUT2D eigenvalue weighted by atomic mass is 9.42. The van der Waals surface area contributed by atoms with E-state index in [9.17, 15) is 9.90 Å². The molecule has 5 heterocycles. The number of ether oxygens (including phenoxy) is 1. The topological polar surface area (TPSA) is 78.8 Å². The lowest BCUT2D eigenvalue weighted by Crippen LogP contribution is -2.72. The molecule has 2 saturated carbocycles. The fourth-order valence-corrected chi connectivity index (χ4v) is 9.17. The molecule has 0 unspecified atom stereocenters. The fourth-order valence-electron chi connectivity index (χ4n) is 8.97. The molecule has 1 aromatic carbocycles. The number of benzene rings is 1. The van der Waals surface area contributed by atoms with Gasteiger partial charge in [0.1, 0.15) is 11.9 Å². The van der Waals surface area contributed by atoms with Crippen molar-refractivity contribution in [2.75, 3.05) is 19.6 Å². The summed E-state index contributed by atoms with van der Waals surface area (Å²) >= 11 is 3.38. The van der Waals surface area contributed by atoms with E-state index in [2.05, 4.69) is 41.8 Å². The maximum absolute atomic E-state index is 13.8. The highest BCUT2D eigenvalue weighted by Gasteiger charge is 2.74. The summed E-state index contributed by atoms with van der Waals surface area (Å²) in [5.41, 5.74) is 2.60. The fraction of sp³-hybridized carbons (Fsp3) is 0.607. The van der Waals surface area contributed by atoms with E-state index in [1.807, 2.05) is 6.07 Å².